The molecule has 0 bridgehead atoms. The lowest BCUT2D eigenvalue weighted by Gasteiger charge is -2.60. The number of carbonyl (C=O) groups excluding carboxylic acids is 1. The van der Waals surface area contributed by atoms with Crippen LogP contribution < -0.4 is 0 Å². The van der Waals surface area contributed by atoms with Gasteiger partial charge >= 0.3 is 6.18 Å². The van der Waals surface area contributed by atoms with Crippen molar-refractivity contribution in [1.29, 1.82) is 0 Å². The molecule has 1 amide bonds. The van der Waals surface area contributed by atoms with E-state index in [0.29, 0.717) is 43.5 Å². The number of nitrogens with zero attached hydrogens (tertiary/aromatic N) is 3. The number of likely N-dealkylation sites (tertiary alicyclic amines) is 1. The Morgan fingerprint density at radius 1 is 1.28 bits per heavy atom. The van der Waals surface area contributed by atoms with Gasteiger partial charge in [-0.2, -0.15) is 13.2 Å². The van der Waals surface area contributed by atoms with Crippen LogP contribution in [-0.2, 0) is 17.5 Å². The van der Waals surface area contributed by atoms with Crippen LogP contribution >= 0.6 is 0 Å². The smallest absolute Gasteiger partial charge is 0.390 e. The van der Waals surface area contributed by atoms with Crippen LogP contribution in [0.3, 0.4) is 0 Å². The Hall–Kier alpha value is -2.09. The van der Waals surface area contributed by atoms with Crippen molar-refractivity contribution in [2.24, 2.45) is 17.3 Å². The number of aromatic nitrogens is 2. The summed E-state index contributed by atoms with van der Waals surface area (Å²) < 4.78 is 41.8. The Morgan fingerprint density at radius 3 is 2.59 bits per heavy atom. The fourth-order valence-corrected chi connectivity index (χ4v) is 5.67. The van der Waals surface area contributed by atoms with Crippen LogP contribution in [0.1, 0.15) is 38.3 Å². The number of fused-ring (bicyclic) bond motifs is 1. The molecule has 1 saturated heterocycles. The van der Waals surface area contributed by atoms with E-state index in [-0.39, 0.29) is 23.2 Å². The van der Waals surface area contributed by atoms with Gasteiger partial charge in [-0.15, -0.1) is 0 Å². The third-order valence-corrected chi connectivity index (χ3v) is 6.92. The van der Waals surface area contributed by atoms with Crippen molar-refractivity contribution < 1.29 is 23.1 Å². The second-order valence-electron chi connectivity index (χ2n) is 9.62. The highest BCUT2D eigenvalue weighted by Crippen LogP contribution is 2.54. The lowest BCUT2D eigenvalue weighted by molar-refractivity contribution is -0.172. The van der Waals surface area contributed by atoms with Gasteiger partial charge in [-0.05, 0) is 56.7 Å². The third kappa shape index (κ3) is 3.12. The molecule has 156 valence electrons. The molecule has 5 nitrogen and oxygen atoms in total. The summed E-state index contributed by atoms with van der Waals surface area (Å²) >= 11 is 0. The maximum atomic E-state index is 13.5. The zero-order valence-electron chi connectivity index (χ0n) is 16.2. The van der Waals surface area contributed by atoms with Crippen molar-refractivity contribution in [3.05, 3.63) is 30.1 Å². The first-order chi connectivity index (χ1) is 13.6. The van der Waals surface area contributed by atoms with Gasteiger partial charge in [0.05, 0.1) is 5.60 Å². The third-order valence-electron chi connectivity index (χ3n) is 6.92. The molecule has 29 heavy (non-hydrogen) atoms. The van der Waals surface area contributed by atoms with Crippen molar-refractivity contribution in [1.82, 2.24) is 14.5 Å². The van der Waals surface area contributed by atoms with Gasteiger partial charge in [0.2, 0.25) is 5.91 Å². The molecule has 3 heterocycles. The fourth-order valence-electron chi connectivity index (χ4n) is 5.67. The molecular formula is C21H24F3N3O2. The number of aliphatic hydroxyl groups is 1. The first-order valence-corrected chi connectivity index (χ1v) is 10.1. The highest BCUT2D eigenvalue weighted by atomic mass is 19.4. The van der Waals surface area contributed by atoms with Gasteiger partial charge in [0, 0.05) is 42.6 Å². The minimum Gasteiger partial charge on any atom is -0.390 e. The molecule has 0 aromatic carbocycles. The van der Waals surface area contributed by atoms with Gasteiger partial charge in [0.25, 0.3) is 0 Å². The van der Waals surface area contributed by atoms with Crippen molar-refractivity contribution >= 4 is 16.9 Å². The van der Waals surface area contributed by atoms with Crippen LogP contribution in [0.2, 0.25) is 0 Å². The summed E-state index contributed by atoms with van der Waals surface area (Å²) in [5.41, 5.74) is -0.909. The van der Waals surface area contributed by atoms with E-state index in [2.05, 4.69) is 4.98 Å². The zero-order valence-corrected chi connectivity index (χ0v) is 16.2. The van der Waals surface area contributed by atoms with Gasteiger partial charge in [-0.25, -0.2) is 4.98 Å². The van der Waals surface area contributed by atoms with Crippen LogP contribution in [-0.4, -0.2) is 44.2 Å². The molecule has 2 aliphatic carbocycles. The minimum atomic E-state index is -4.41. The van der Waals surface area contributed by atoms with Gasteiger partial charge in [-0.3, -0.25) is 4.79 Å². The summed E-state index contributed by atoms with van der Waals surface area (Å²) in [7, 11) is 0. The van der Waals surface area contributed by atoms with Crippen LogP contribution in [0, 0.1) is 17.3 Å². The Kier molecular flexibility index (Phi) is 3.89. The number of hydrogen-bond acceptors (Lipinski definition) is 3. The molecule has 1 aliphatic heterocycles. The Bertz CT molecular complexity index is 959. The highest BCUT2D eigenvalue weighted by molar-refractivity contribution is 5.81. The topological polar surface area (TPSA) is 58.4 Å². The Labute approximate surface area is 166 Å². The lowest BCUT2D eigenvalue weighted by Crippen LogP contribution is -2.66. The van der Waals surface area contributed by atoms with Crippen molar-refractivity contribution in [2.75, 3.05) is 13.1 Å². The van der Waals surface area contributed by atoms with E-state index in [1.807, 2.05) is 4.90 Å². The second kappa shape index (κ2) is 5.97. The second-order valence-corrected chi connectivity index (χ2v) is 9.62. The molecule has 3 aliphatic rings. The molecule has 0 unspecified atom stereocenters. The molecule has 5 rings (SSSR count). The maximum Gasteiger partial charge on any atom is 0.431 e. The van der Waals surface area contributed by atoms with Crippen LogP contribution in [0.15, 0.2) is 24.4 Å². The molecule has 8 heteroatoms. The molecule has 1 spiro atoms. The Balaban J connectivity index is 1.22. The van der Waals surface area contributed by atoms with Crippen molar-refractivity contribution in [2.45, 2.75) is 50.9 Å². The van der Waals surface area contributed by atoms with E-state index < -0.39 is 17.5 Å². The highest BCUT2D eigenvalue weighted by Gasteiger charge is 2.56. The van der Waals surface area contributed by atoms with E-state index in [4.69, 9.17) is 0 Å². The quantitative estimate of drug-likeness (QED) is 0.848. The number of halogens is 3. The van der Waals surface area contributed by atoms with Crippen LogP contribution in [0.25, 0.3) is 11.0 Å². The normalized spacial score (nSPS) is 28.9. The van der Waals surface area contributed by atoms with Crippen LogP contribution in [0.4, 0.5) is 13.2 Å². The number of amides is 1. The number of alkyl halides is 3. The molecular weight excluding hydrogens is 383 g/mol. The minimum absolute atomic E-state index is 0.0708. The Morgan fingerprint density at radius 2 is 1.97 bits per heavy atom. The van der Waals surface area contributed by atoms with E-state index >= 15 is 0 Å². The lowest BCUT2D eigenvalue weighted by atomic mass is 9.57. The number of rotatable bonds is 3. The van der Waals surface area contributed by atoms with Crippen molar-refractivity contribution in [3.63, 3.8) is 0 Å². The predicted molar refractivity (Wildman–Crippen MR) is 99.8 cm³/mol. The molecule has 2 saturated carbocycles. The van der Waals surface area contributed by atoms with Gasteiger partial charge in [0.1, 0.15) is 11.3 Å². The molecule has 2 aromatic heterocycles. The van der Waals surface area contributed by atoms with Gasteiger partial charge in [-0.1, -0.05) is 0 Å². The number of hydrogen-bond donors (Lipinski definition) is 1. The average Bonchev–Trinajstić information content (AvgIpc) is 2.92. The van der Waals surface area contributed by atoms with Crippen molar-refractivity contribution in [3.8, 4) is 0 Å². The standard InChI is InChI=1S/C21H24F3N3O2/c1-19(29)8-15(9-19)18(28)26-11-20(12-26)6-13(7-20)10-27-16(21(22,23)24)5-14-3-2-4-25-17(14)27/h2-5,13,15,29H,6-12H2,1H3. The zero-order chi connectivity index (χ0) is 20.6. The monoisotopic (exact) mass is 407 g/mol. The molecule has 0 atom stereocenters. The van der Waals surface area contributed by atoms with Crippen LogP contribution in [0.5, 0.6) is 0 Å². The fraction of sp³-hybridized carbons (Fsp3) is 0.619. The molecule has 3 fully saturated rings. The van der Waals surface area contributed by atoms with E-state index in [1.165, 1.54) is 16.8 Å². The molecule has 2 aromatic rings. The van der Waals surface area contributed by atoms with E-state index in [9.17, 15) is 23.1 Å². The summed E-state index contributed by atoms with van der Waals surface area (Å²) in [5, 5.41) is 10.3. The largest absolute Gasteiger partial charge is 0.431 e. The predicted octanol–water partition coefficient (Wildman–Crippen LogP) is 3.45. The molecule has 1 N–H and O–H groups in total. The summed E-state index contributed by atoms with van der Waals surface area (Å²) in [4.78, 5) is 18.5. The summed E-state index contributed by atoms with van der Waals surface area (Å²) in [5.74, 6) is 0.200. The van der Waals surface area contributed by atoms with Gasteiger partial charge in [0.15, 0.2) is 0 Å². The first-order valence-electron chi connectivity index (χ1n) is 10.1. The summed E-state index contributed by atoms with van der Waals surface area (Å²) in [6, 6.07) is 4.48. The number of pyridine rings is 1. The summed E-state index contributed by atoms with van der Waals surface area (Å²) in [6.07, 6.45) is -0.177. The van der Waals surface area contributed by atoms with Gasteiger partial charge < -0.3 is 14.6 Å². The van der Waals surface area contributed by atoms with E-state index in [0.717, 1.165) is 12.8 Å². The SMILES string of the molecule is CC1(O)CC(C(=O)N2CC3(CC(Cn4c(C(F)(F)F)cc5cccnc54)C3)C2)C1. The molecule has 0 radical (unpaired) electrons. The average molecular weight is 407 g/mol. The number of carbonyl (C=O) groups is 1. The van der Waals surface area contributed by atoms with E-state index in [1.54, 1.807) is 19.1 Å². The summed E-state index contributed by atoms with van der Waals surface area (Å²) in [6.45, 7) is 3.44. The maximum absolute atomic E-state index is 13.5. The first kappa shape index (κ1) is 18.9.